The molecule has 0 saturated carbocycles. The van der Waals surface area contributed by atoms with E-state index < -0.39 is 0 Å². The van der Waals surface area contributed by atoms with Gasteiger partial charge in [-0.1, -0.05) is 18.6 Å². The molecule has 0 aliphatic rings. The average molecular weight is 458 g/mol. The minimum Gasteiger partial charge on any atom is -0.531 e. The average Bonchev–Trinajstić information content (AvgIpc) is 2.39. The summed E-state index contributed by atoms with van der Waals surface area (Å²) in [7, 11) is 0. The standard InChI is InChI=1S/C12H10N.C6H9O.Ir/c1-10-6-5-9-13-12(10)11-7-3-2-4-8-11;1-5(2)4-6(3)7;/h2-7,9H,1H3;1,4,7H,2-3H3;/q2*-1;/b;6-4-;. The van der Waals surface area contributed by atoms with Crippen LogP contribution in [-0.2, 0) is 20.1 Å². The molecule has 0 aliphatic heterocycles. The van der Waals surface area contributed by atoms with Gasteiger partial charge in [-0.15, -0.1) is 35.9 Å². The summed E-state index contributed by atoms with van der Waals surface area (Å²) < 4.78 is 0. The maximum Gasteiger partial charge on any atom is 0.0160 e. The second-order valence-corrected chi connectivity index (χ2v) is 4.47. The first-order valence-electron chi connectivity index (χ1n) is 6.35. The SMILES string of the molecule is Cc1cccnc1-c1[c-]cccc1.[CH-]=C(C)/C=C(/C)O.[Ir]. The van der Waals surface area contributed by atoms with Crippen molar-refractivity contribution < 1.29 is 25.2 Å². The van der Waals surface area contributed by atoms with E-state index in [0.717, 1.165) is 11.3 Å². The van der Waals surface area contributed by atoms with Crippen LogP contribution in [0.4, 0.5) is 0 Å². The number of aliphatic hydroxyl groups excluding tert-OH is 1. The normalized spacial score (nSPS) is 9.95. The molecule has 2 rings (SSSR count). The van der Waals surface area contributed by atoms with Crippen molar-refractivity contribution in [1.82, 2.24) is 4.98 Å². The van der Waals surface area contributed by atoms with Crippen molar-refractivity contribution >= 4 is 0 Å². The molecule has 3 heteroatoms. The van der Waals surface area contributed by atoms with E-state index in [2.05, 4.69) is 24.0 Å². The first kappa shape index (κ1) is 19.3. The Morgan fingerprint density at radius 3 is 2.38 bits per heavy atom. The van der Waals surface area contributed by atoms with E-state index in [1.165, 1.54) is 11.6 Å². The number of benzene rings is 1. The van der Waals surface area contributed by atoms with Crippen molar-refractivity contribution in [1.29, 1.82) is 0 Å². The van der Waals surface area contributed by atoms with Gasteiger partial charge in [-0.3, -0.25) is 6.58 Å². The molecule has 1 heterocycles. The molecular formula is C18H19IrNO-2. The quantitative estimate of drug-likeness (QED) is 0.404. The van der Waals surface area contributed by atoms with Crippen molar-refractivity contribution in [2.45, 2.75) is 20.8 Å². The zero-order valence-electron chi connectivity index (χ0n) is 12.4. The van der Waals surface area contributed by atoms with E-state index in [4.69, 9.17) is 11.7 Å². The summed E-state index contributed by atoms with van der Waals surface area (Å²) >= 11 is 0. The number of aliphatic hydroxyl groups is 1. The molecule has 0 bridgehead atoms. The number of allylic oxidation sites excluding steroid dienone is 3. The molecule has 1 radical (unpaired) electrons. The summed E-state index contributed by atoms with van der Waals surface area (Å²) in [6.07, 6.45) is 3.31. The van der Waals surface area contributed by atoms with Crippen LogP contribution in [0.25, 0.3) is 11.3 Å². The Bertz CT molecular complexity index is 587. The molecular weight excluding hydrogens is 438 g/mol. The van der Waals surface area contributed by atoms with Crippen LogP contribution in [0.5, 0.6) is 0 Å². The first-order valence-corrected chi connectivity index (χ1v) is 6.35. The summed E-state index contributed by atoms with van der Waals surface area (Å²) in [4.78, 5) is 4.32. The van der Waals surface area contributed by atoms with Crippen LogP contribution in [0.2, 0.25) is 0 Å². The van der Waals surface area contributed by atoms with Crippen LogP contribution in [0.15, 0.2) is 60.0 Å². The van der Waals surface area contributed by atoms with Crippen LogP contribution in [-0.4, -0.2) is 10.1 Å². The number of hydrogen-bond acceptors (Lipinski definition) is 2. The monoisotopic (exact) mass is 458 g/mol. The summed E-state index contributed by atoms with van der Waals surface area (Å²) in [5, 5.41) is 8.48. The maximum absolute atomic E-state index is 8.48. The Morgan fingerprint density at radius 2 is 1.95 bits per heavy atom. The molecule has 1 aromatic carbocycles. The van der Waals surface area contributed by atoms with E-state index in [9.17, 15) is 0 Å². The van der Waals surface area contributed by atoms with E-state index in [-0.39, 0.29) is 25.9 Å². The molecule has 2 aromatic rings. The van der Waals surface area contributed by atoms with E-state index in [1.54, 1.807) is 13.8 Å². The molecule has 0 unspecified atom stereocenters. The van der Waals surface area contributed by atoms with Gasteiger partial charge in [0.25, 0.3) is 0 Å². The summed E-state index contributed by atoms with van der Waals surface area (Å²) in [6.45, 7) is 10.5. The van der Waals surface area contributed by atoms with Crippen molar-refractivity contribution in [3.05, 3.63) is 78.2 Å². The van der Waals surface area contributed by atoms with Crippen LogP contribution >= 0.6 is 0 Å². The van der Waals surface area contributed by atoms with Crippen LogP contribution in [0.3, 0.4) is 0 Å². The molecule has 0 aliphatic carbocycles. The minimum atomic E-state index is 0. The van der Waals surface area contributed by atoms with Gasteiger partial charge in [-0.25, -0.2) is 5.57 Å². The number of rotatable bonds is 2. The second-order valence-electron chi connectivity index (χ2n) is 4.47. The predicted octanol–water partition coefficient (Wildman–Crippen LogP) is 4.68. The smallest absolute Gasteiger partial charge is 0.0160 e. The Labute approximate surface area is 140 Å². The molecule has 113 valence electrons. The van der Waals surface area contributed by atoms with E-state index in [1.807, 2.05) is 36.5 Å². The molecule has 2 nitrogen and oxygen atoms in total. The Kier molecular flexibility index (Phi) is 9.27. The van der Waals surface area contributed by atoms with Crippen molar-refractivity contribution in [2.24, 2.45) is 0 Å². The van der Waals surface area contributed by atoms with Gasteiger partial charge in [0.1, 0.15) is 0 Å². The van der Waals surface area contributed by atoms with Crippen molar-refractivity contribution in [3.63, 3.8) is 0 Å². The summed E-state index contributed by atoms with van der Waals surface area (Å²) in [5.41, 5.74) is 3.88. The van der Waals surface area contributed by atoms with Crippen LogP contribution in [0, 0.1) is 19.6 Å². The minimum absolute atomic E-state index is 0. The summed E-state index contributed by atoms with van der Waals surface area (Å²) in [6, 6.07) is 15.1. The number of pyridine rings is 1. The van der Waals surface area contributed by atoms with Gasteiger partial charge in [0.15, 0.2) is 0 Å². The number of aromatic nitrogens is 1. The third kappa shape index (κ3) is 7.60. The molecule has 1 N–H and O–H groups in total. The fourth-order valence-corrected chi connectivity index (χ4v) is 1.64. The maximum atomic E-state index is 8.48. The number of nitrogens with zero attached hydrogens (tertiary/aromatic N) is 1. The van der Waals surface area contributed by atoms with Crippen molar-refractivity contribution in [2.75, 3.05) is 0 Å². The molecule has 0 fully saturated rings. The molecule has 1 aromatic heterocycles. The predicted molar refractivity (Wildman–Crippen MR) is 83.1 cm³/mol. The van der Waals surface area contributed by atoms with Crippen LogP contribution < -0.4 is 0 Å². The van der Waals surface area contributed by atoms with Gasteiger partial charge >= 0.3 is 0 Å². The van der Waals surface area contributed by atoms with Gasteiger partial charge < -0.3 is 10.1 Å². The van der Waals surface area contributed by atoms with Gasteiger partial charge in [-0.2, -0.15) is 6.08 Å². The van der Waals surface area contributed by atoms with Gasteiger partial charge in [0, 0.05) is 32.1 Å². The number of hydrogen-bond donors (Lipinski definition) is 1. The van der Waals surface area contributed by atoms with E-state index in [0.29, 0.717) is 5.57 Å². The molecule has 0 amide bonds. The van der Waals surface area contributed by atoms with E-state index >= 15 is 0 Å². The largest absolute Gasteiger partial charge is 0.531 e. The van der Waals surface area contributed by atoms with Gasteiger partial charge in [0.2, 0.25) is 0 Å². The van der Waals surface area contributed by atoms with Gasteiger partial charge in [0.05, 0.1) is 0 Å². The fraction of sp³-hybridized carbons (Fsp3) is 0.167. The molecule has 21 heavy (non-hydrogen) atoms. The van der Waals surface area contributed by atoms with Gasteiger partial charge in [-0.05, 0) is 25.6 Å². The van der Waals surface area contributed by atoms with Crippen LogP contribution in [0.1, 0.15) is 19.4 Å². The Balaban J connectivity index is 0.000000436. The third-order valence-electron chi connectivity index (χ3n) is 2.41. The first-order chi connectivity index (χ1) is 9.50. The Hall–Kier alpha value is -1.70. The third-order valence-corrected chi connectivity index (χ3v) is 2.41. The fourth-order valence-electron chi connectivity index (χ4n) is 1.64. The zero-order valence-corrected chi connectivity index (χ0v) is 14.8. The number of aryl methyl sites for hydroxylation is 1. The Morgan fingerprint density at radius 1 is 1.24 bits per heavy atom. The van der Waals surface area contributed by atoms with Crippen molar-refractivity contribution in [3.8, 4) is 11.3 Å². The molecule has 0 saturated heterocycles. The zero-order chi connectivity index (χ0) is 15.0. The summed E-state index contributed by atoms with van der Waals surface area (Å²) in [5.74, 6) is 0.250. The molecule has 0 spiro atoms. The second kappa shape index (κ2) is 10.1. The molecule has 0 atom stereocenters. The topological polar surface area (TPSA) is 33.1 Å².